The molecule has 0 bridgehead atoms. The van der Waals surface area contributed by atoms with Gasteiger partial charge in [-0.3, -0.25) is 10.6 Å². The van der Waals surface area contributed by atoms with Gasteiger partial charge in [0.1, 0.15) is 6.61 Å². The Morgan fingerprint density at radius 1 is 1.07 bits per heavy atom. The fourth-order valence-corrected chi connectivity index (χ4v) is 2.93. The first-order valence-electron chi connectivity index (χ1n) is 8.92. The first-order valence-corrected chi connectivity index (χ1v) is 8.92. The highest BCUT2D eigenvalue weighted by Crippen LogP contribution is 2.25. The van der Waals surface area contributed by atoms with Gasteiger partial charge in [-0.05, 0) is 46.2 Å². The molecule has 0 aliphatic rings. The zero-order valence-electron chi connectivity index (χ0n) is 15.4. The number of aliphatic hydroxyl groups is 1. The zero-order chi connectivity index (χ0) is 19.2. The summed E-state index contributed by atoms with van der Waals surface area (Å²) in [6.07, 6.45) is -0.899. The first-order chi connectivity index (χ1) is 13.0. The van der Waals surface area contributed by atoms with Crippen LogP contribution in [0.15, 0.2) is 66.7 Å². The van der Waals surface area contributed by atoms with E-state index in [0.29, 0.717) is 18.7 Å². The van der Waals surface area contributed by atoms with Crippen LogP contribution in [0, 0.1) is 0 Å². The van der Waals surface area contributed by atoms with Crippen molar-refractivity contribution in [3.8, 4) is 0 Å². The number of esters is 1. The van der Waals surface area contributed by atoms with Gasteiger partial charge in [-0.2, -0.15) is 0 Å². The average molecular weight is 364 g/mol. The van der Waals surface area contributed by atoms with E-state index in [1.165, 1.54) is 16.2 Å². The quantitative estimate of drug-likeness (QED) is 0.188. The number of rotatable bonds is 8. The molecular formula is C22H24N2O3. The fraction of sp³-hybridized carbons (Fsp3) is 0.227. The van der Waals surface area contributed by atoms with E-state index in [-0.39, 0.29) is 6.61 Å². The number of aliphatic hydroxyl groups excluding tert-OH is 1. The van der Waals surface area contributed by atoms with Crippen molar-refractivity contribution >= 4 is 27.5 Å². The average Bonchev–Trinajstić information content (AvgIpc) is 2.67. The second kappa shape index (κ2) is 8.77. The summed E-state index contributed by atoms with van der Waals surface area (Å²) in [5, 5.41) is 20.7. The largest absolute Gasteiger partial charge is 0.461 e. The summed E-state index contributed by atoms with van der Waals surface area (Å²) in [5.41, 5.74) is 1.46. The molecule has 0 aromatic heterocycles. The summed E-state index contributed by atoms with van der Waals surface area (Å²) in [5.74, 6) is -0.428. The summed E-state index contributed by atoms with van der Waals surface area (Å²) >= 11 is 0. The van der Waals surface area contributed by atoms with E-state index in [1.807, 2.05) is 24.3 Å². The van der Waals surface area contributed by atoms with Gasteiger partial charge in [0, 0.05) is 18.7 Å². The van der Waals surface area contributed by atoms with Crippen molar-refractivity contribution in [1.82, 2.24) is 10.6 Å². The fourth-order valence-electron chi connectivity index (χ4n) is 2.93. The number of benzene rings is 3. The minimum Gasteiger partial charge on any atom is -0.461 e. The first kappa shape index (κ1) is 19.0. The predicted molar refractivity (Wildman–Crippen MR) is 108 cm³/mol. The van der Waals surface area contributed by atoms with E-state index in [2.05, 4.69) is 47.5 Å². The normalized spacial score (nSPS) is 12.2. The van der Waals surface area contributed by atoms with Gasteiger partial charge in [0.25, 0.3) is 0 Å². The molecular weight excluding hydrogens is 340 g/mol. The maximum absolute atomic E-state index is 11.3. The summed E-state index contributed by atoms with van der Waals surface area (Å²) in [6.45, 7) is 6.14. The van der Waals surface area contributed by atoms with Crippen molar-refractivity contribution < 1.29 is 14.6 Å². The van der Waals surface area contributed by atoms with Gasteiger partial charge < -0.3 is 9.84 Å². The van der Waals surface area contributed by atoms with Crippen LogP contribution in [0.2, 0.25) is 0 Å². The van der Waals surface area contributed by atoms with Crippen molar-refractivity contribution in [3.63, 3.8) is 0 Å². The topological polar surface area (TPSA) is 70.6 Å². The van der Waals surface area contributed by atoms with Gasteiger partial charge in [0.15, 0.2) is 6.35 Å². The molecule has 3 rings (SSSR count). The summed E-state index contributed by atoms with van der Waals surface area (Å²) in [4.78, 5) is 11.3. The van der Waals surface area contributed by atoms with Crippen LogP contribution in [0.3, 0.4) is 0 Å². The third-order valence-corrected chi connectivity index (χ3v) is 4.34. The van der Waals surface area contributed by atoms with Gasteiger partial charge in [-0.25, -0.2) is 4.79 Å². The molecule has 3 aromatic carbocycles. The lowest BCUT2D eigenvalue weighted by Gasteiger charge is -2.16. The lowest BCUT2D eigenvalue weighted by molar-refractivity contribution is -0.139. The molecule has 0 saturated carbocycles. The molecule has 0 amide bonds. The maximum atomic E-state index is 11.3. The van der Waals surface area contributed by atoms with Crippen molar-refractivity contribution in [2.45, 2.75) is 19.8 Å². The number of carbonyl (C=O) groups excluding carboxylic acids is 1. The second-order valence-corrected chi connectivity index (χ2v) is 6.49. The molecule has 140 valence electrons. The molecule has 0 heterocycles. The highest BCUT2D eigenvalue weighted by atomic mass is 16.5. The Bertz CT molecular complexity index is 968. The Labute approximate surface area is 158 Å². The van der Waals surface area contributed by atoms with Gasteiger partial charge in [0.2, 0.25) is 0 Å². The van der Waals surface area contributed by atoms with Crippen LogP contribution in [0.1, 0.15) is 12.5 Å². The van der Waals surface area contributed by atoms with Crippen LogP contribution >= 0.6 is 0 Å². The number of hydrogen-bond donors (Lipinski definition) is 3. The monoisotopic (exact) mass is 364 g/mol. The maximum Gasteiger partial charge on any atom is 0.333 e. The lowest BCUT2D eigenvalue weighted by atomic mass is 10.00. The van der Waals surface area contributed by atoms with E-state index >= 15 is 0 Å². The number of hydrogen-bond acceptors (Lipinski definition) is 5. The predicted octanol–water partition coefficient (Wildman–Crippen LogP) is 3.07. The van der Waals surface area contributed by atoms with Crippen LogP contribution in [-0.2, 0) is 16.1 Å². The minimum atomic E-state index is -0.899. The van der Waals surface area contributed by atoms with Crippen LogP contribution in [0.5, 0.6) is 0 Å². The molecule has 27 heavy (non-hydrogen) atoms. The minimum absolute atomic E-state index is 0.171. The van der Waals surface area contributed by atoms with Crippen molar-refractivity contribution in [2.24, 2.45) is 0 Å². The Morgan fingerprint density at radius 2 is 1.78 bits per heavy atom. The van der Waals surface area contributed by atoms with Crippen molar-refractivity contribution in [3.05, 3.63) is 72.3 Å². The van der Waals surface area contributed by atoms with E-state index in [9.17, 15) is 9.90 Å². The molecule has 1 unspecified atom stereocenters. The molecule has 0 saturated heterocycles. The van der Waals surface area contributed by atoms with Crippen LogP contribution in [0.4, 0.5) is 0 Å². The summed E-state index contributed by atoms with van der Waals surface area (Å²) < 4.78 is 4.98. The van der Waals surface area contributed by atoms with Gasteiger partial charge in [-0.1, -0.05) is 49.0 Å². The molecule has 5 heteroatoms. The Hall–Kier alpha value is -2.73. The Morgan fingerprint density at radius 3 is 2.52 bits per heavy atom. The van der Waals surface area contributed by atoms with E-state index in [4.69, 9.17) is 4.74 Å². The standard InChI is InChI=1S/C22H24N2O3/c1-15(2)21(25)27-11-10-23-22(26)24-14-19-9-5-8-18-12-16-6-3-4-7-17(16)13-20(18)19/h3-9,12-13,22-24,26H,1,10-11,14H2,2H3. The van der Waals surface area contributed by atoms with E-state index in [0.717, 1.165) is 10.9 Å². The van der Waals surface area contributed by atoms with Gasteiger partial charge in [-0.15, -0.1) is 0 Å². The van der Waals surface area contributed by atoms with Crippen molar-refractivity contribution in [1.29, 1.82) is 0 Å². The van der Waals surface area contributed by atoms with Crippen LogP contribution in [0.25, 0.3) is 21.5 Å². The highest BCUT2D eigenvalue weighted by Gasteiger charge is 2.07. The van der Waals surface area contributed by atoms with Crippen LogP contribution < -0.4 is 10.6 Å². The molecule has 1 atom stereocenters. The third-order valence-electron chi connectivity index (χ3n) is 4.34. The second-order valence-electron chi connectivity index (χ2n) is 6.49. The van der Waals surface area contributed by atoms with E-state index in [1.54, 1.807) is 6.92 Å². The van der Waals surface area contributed by atoms with E-state index < -0.39 is 12.3 Å². The van der Waals surface area contributed by atoms with Crippen molar-refractivity contribution in [2.75, 3.05) is 13.2 Å². The number of carbonyl (C=O) groups is 1. The third kappa shape index (κ3) is 4.92. The molecule has 3 N–H and O–H groups in total. The molecule has 3 aromatic rings. The van der Waals surface area contributed by atoms with Gasteiger partial charge >= 0.3 is 5.97 Å². The number of nitrogens with one attached hydrogen (secondary N) is 2. The molecule has 0 fully saturated rings. The van der Waals surface area contributed by atoms with Crippen LogP contribution in [-0.4, -0.2) is 30.6 Å². The smallest absolute Gasteiger partial charge is 0.333 e. The number of ether oxygens (including phenoxy) is 1. The highest BCUT2D eigenvalue weighted by molar-refractivity contribution is 5.99. The van der Waals surface area contributed by atoms with Gasteiger partial charge in [0.05, 0.1) is 0 Å². The summed E-state index contributed by atoms with van der Waals surface area (Å²) in [7, 11) is 0. The lowest BCUT2D eigenvalue weighted by Crippen LogP contribution is -2.43. The molecule has 0 radical (unpaired) electrons. The molecule has 5 nitrogen and oxygen atoms in total. The molecule has 0 aliphatic carbocycles. The Balaban J connectivity index is 1.59. The molecule has 0 spiro atoms. The molecule has 0 aliphatic heterocycles. The SMILES string of the molecule is C=C(C)C(=O)OCCNC(O)NCc1cccc2cc3ccccc3cc12. The Kier molecular flexibility index (Phi) is 6.19. The number of fused-ring (bicyclic) bond motifs is 2. The summed E-state index contributed by atoms with van der Waals surface area (Å²) in [6, 6.07) is 18.8. The zero-order valence-corrected chi connectivity index (χ0v) is 15.4.